The molecule has 3 atom stereocenters. The number of carbonyl (C=O) groups is 1. The van der Waals surface area contributed by atoms with Gasteiger partial charge >= 0.3 is 5.97 Å². The van der Waals surface area contributed by atoms with E-state index < -0.39 is 5.97 Å². The third-order valence-corrected chi connectivity index (χ3v) is 3.71. The molecule has 2 nitrogen and oxygen atoms in total. The SMILES string of the molecule is CC1C[C@H](C(=O)O)[C@@H]([AlH2])C1. The monoisotopic (exact) mass is 156 g/mol. The topological polar surface area (TPSA) is 37.3 Å². The molecule has 1 saturated carbocycles. The molecule has 56 valence electrons. The molecule has 0 aromatic carbocycles. The quantitative estimate of drug-likeness (QED) is 0.562. The van der Waals surface area contributed by atoms with Crippen molar-refractivity contribution in [3.05, 3.63) is 0 Å². The van der Waals surface area contributed by atoms with Crippen LogP contribution in [0.15, 0.2) is 0 Å². The van der Waals surface area contributed by atoms with Crippen LogP contribution in [0.1, 0.15) is 19.8 Å². The van der Waals surface area contributed by atoms with Crippen molar-refractivity contribution in [3.8, 4) is 0 Å². The molecule has 0 saturated heterocycles. The maximum atomic E-state index is 10.6. The minimum Gasteiger partial charge on any atom is -0.481 e. The van der Waals surface area contributed by atoms with Crippen molar-refractivity contribution in [2.24, 2.45) is 11.8 Å². The number of hydrogen-bond donors (Lipinski definition) is 1. The maximum absolute atomic E-state index is 10.6. The summed E-state index contributed by atoms with van der Waals surface area (Å²) in [5, 5.41) is 8.72. The highest BCUT2D eigenvalue weighted by atomic mass is 27.0. The predicted molar refractivity (Wildman–Crippen MR) is 41.8 cm³/mol. The third kappa shape index (κ3) is 1.53. The highest BCUT2D eigenvalue weighted by Gasteiger charge is 2.33. The summed E-state index contributed by atoms with van der Waals surface area (Å²) in [5.41, 5.74) is 0. The summed E-state index contributed by atoms with van der Waals surface area (Å²) >= 11 is 1.04. The number of carboxylic acid groups (broad SMARTS) is 1. The van der Waals surface area contributed by atoms with Crippen LogP contribution in [0.25, 0.3) is 0 Å². The van der Waals surface area contributed by atoms with Gasteiger partial charge in [-0.15, -0.1) is 0 Å². The zero-order chi connectivity index (χ0) is 7.72. The van der Waals surface area contributed by atoms with Crippen molar-refractivity contribution in [2.75, 3.05) is 0 Å². The Bertz CT molecular complexity index is 147. The molecule has 1 rings (SSSR count). The van der Waals surface area contributed by atoms with Crippen LogP contribution < -0.4 is 0 Å². The second-order valence-corrected chi connectivity index (χ2v) is 4.98. The lowest BCUT2D eigenvalue weighted by Crippen LogP contribution is -2.14. The first-order valence-electron chi connectivity index (χ1n) is 3.84. The smallest absolute Gasteiger partial charge is 0.305 e. The average molecular weight is 156 g/mol. The molecular weight excluding hydrogens is 143 g/mol. The van der Waals surface area contributed by atoms with E-state index in [1.165, 1.54) is 0 Å². The van der Waals surface area contributed by atoms with Crippen LogP contribution in [-0.2, 0) is 4.79 Å². The number of hydrogen-bond acceptors (Lipinski definition) is 1. The van der Waals surface area contributed by atoms with Crippen LogP contribution in [0.4, 0.5) is 0 Å². The Hall–Kier alpha value is 0.00247. The Morgan fingerprint density at radius 1 is 1.60 bits per heavy atom. The molecule has 1 fully saturated rings. The molecule has 0 aromatic rings. The predicted octanol–water partition coefficient (Wildman–Crippen LogP) is 0.539. The number of carboxylic acids is 1. The molecule has 0 aliphatic heterocycles. The Labute approximate surface area is 69.0 Å². The summed E-state index contributed by atoms with van der Waals surface area (Å²) in [4.78, 5) is 10.6. The van der Waals surface area contributed by atoms with Crippen LogP contribution in [0.5, 0.6) is 0 Å². The van der Waals surface area contributed by atoms with Crippen LogP contribution in [0, 0.1) is 11.8 Å². The molecule has 0 bridgehead atoms. The number of rotatable bonds is 1. The summed E-state index contributed by atoms with van der Waals surface area (Å²) < 4.78 is 0.521. The van der Waals surface area contributed by atoms with Gasteiger partial charge in [0, 0.05) is 5.92 Å². The van der Waals surface area contributed by atoms with E-state index in [0.29, 0.717) is 10.7 Å². The summed E-state index contributed by atoms with van der Waals surface area (Å²) in [7, 11) is 0. The fraction of sp³-hybridized carbons (Fsp3) is 0.857. The van der Waals surface area contributed by atoms with Crippen molar-refractivity contribution in [3.63, 3.8) is 0 Å². The van der Waals surface area contributed by atoms with Crippen LogP contribution in [-0.4, -0.2) is 27.4 Å². The van der Waals surface area contributed by atoms with Gasteiger partial charge in [0.2, 0.25) is 16.3 Å². The van der Waals surface area contributed by atoms with Gasteiger partial charge in [0.15, 0.2) is 0 Å². The molecule has 0 amide bonds. The average Bonchev–Trinajstić information content (AvgIpc) is 2.10. The second-order valence-electron chi connectivity index (χ2n) is 3.50. The van der Waals surface area contributed by atoms with Crippen molar-refractivity contribution in [1.82, 2.24) is 0 Å². The van der Waals surface area contributed by atoms with Gasteiger partial charge in [-0.2, -0.15) is 0 Å². The Kier molecular flexibility index (Phi) is 2.38. The molecule has 0 spiro atoms. The van der Waals surface area contributed by atoms with Gasteiger partial charge in [0.05, 0.1) is 0 Å². The lowest BCUT2D eigenvalue weighted by molar-refractivity contribution is -0.141. The fourth-order valence-electron chi connectivity index (χ4n) is 1.91. The minimum atomic E-state index is -0.579. The van der Waals surface area contributed by atoms with Gasteiger partial charge < -0.3 is 5.11 Å². The van der Waals surface area contributed by atoms with E-state index in [2.05, 4.69) is 6.92 Å². The summed E-state index contributed by atoms with van der Waals surface area (Å²) in [5.74, 6) is 0.0506. The normalized spacial score (nSPS) is 39.9. The first-order valence-corrected chi connectivity index (χ1v) is 4.99. The maximum Gasteiger partial charge on any atom is 0.305 e. The lowest BCUT2D eigenvalue weighted by atomic mass is 10.1. The first kappa shape index (κ1) is 8.10. The van der Waals surface area contributed by atoms with Crippen molar-refractivity contribution < 1.29 is 9.90 Å². The standard InChI is InChI=1S/C7H11O2.Al.2H/c1-5-2-3-6(4-5)7(8)9;;;/h3,5-6H,2,4H2,1H3,(H,8,9);;;/t5?,6-;;;/m1.../s1. The van der Waals surface area contributed by atoms with E-state index in [-0.39, 0.29) is 5.92 Å². The van der Waals surface area contributed by atoms with Crippen molar-refractivity contribution >= 4 is 22.3 Å². The minimum absolute atomic E-state index is 0.0123. The largest absolute Gasteiger partial charge is 0.481 e. The highest BCUT2D eigenvalue weighted by molar-refractivity contribution is 6.13. The van der Waals surface area contributed by atoms with E-state index in [1.54, 1.807) is 0 Å². The van der Waals surface area contributed by atoms with E-state index in [9.17, 15) is 4.79 Å². The highest BCUT2D eigenvalue weighted by Crippen LogP contribution is 2.38. The van der Waals surface area contributed by atoms with Gasteiger partial charge in [-0.05, 0) is 12.3 Å². The van der Waals surface area contributed by atoms with E-state index >= 15 is 0 Å². The van der Waals surface area contributed by atoms with Crippen LogP contribution in [0.2, 0.25) is 4.78 Å². The van der Waals surface area contributed by atoms with Gasteiger partial charge in [-0.1, -0.05) is 18.1 Å². The van der Waals surface area contributed by atoms with Crippen LogP contribution >= 0.6 is 0 Å². The lowest BCUT2D eigenvalue weighted by Gasteiger charge is -2.07. The van der Waals surface area contributed by atoms with Gasteiger partial charge in [0.25, 0.3) is 0 Å². The molecule has 1 unspecified atom stereocenters. The Morgan fingerprint density at radius 2 is 2.20 bits per heavy atom. The molecule has 0 aromatic heterocycles. The van der Waals surface area contributed by atoms with E-state index in [0.717, 1.165) is 29.1 Å². The van der Waals surface area contributed by atoms with E-state index in [1.807, 2.05) is 0 Å². The van der Waals surface area contributed by atoms with Crippen LogP contribution in [0.3, 0.4) is 0 Å². The second kappa shape index (κ2) is 2.94. The molecule has 0 radical (unpaired) electrons. The van der Waals surface area contributed by atoms with Gasteiger partial charge in [0.1, 0.15) is 0 Å². The molecule has 1 N–H and O–H groups in total. The van der Waals surface area contributed by atoms with Crippen molar-refractivity contribution in [2.45, 2.75) is 24.5 Å². The van der Waals surface area contributed by atoms with Crippen molar-refractivity contribution in [1.29, 1.82) is 0 Å². The zero-order valence-electron chi connectivity index (χ0n) is 6.50. The Balaban J connectivity index is 2.54. The molecule has 1 aliphatic carbocycles. The summed E-state index contributed by atoms with van der Waals surface area (Å²) in [6, 6.07) is 0. The first-order chi connectivity index (χ1) is 4.61. The zero-order valence-corrected chi connectivity index (χ0v) is 8.50. The van der Waals surface area contributed by atoms with E-state index in [4.69, 9.17) is 5.11 Å². The van der Waals surface area contributed by atoms with Gasteiger partial charge in [-0.25, -0.2) is 0 Å². The third-order valence-electron chi connectivity index (χ3n) is 2.43. The molecule has 0 heterocycles. The Morgan fingerprint density at radius 3 is 2.40 bits per heavy atom. The molecule has 3 heteroatoms. The summed E-state index contributed by atoms with van der Waals surface area (Å²) in [6.45, 7) is 2.15. The summed E-state index contributed by atoms with van der Waals surface area (Å²) in [6.07, 6.45) is 2.05. The molecule has 10 heavy (non-hydrogen) atoms. The molecular formula is C7H13AlO2. The molecule has 1 aliphatic rings. The van der Waals surface area contributed by atoms with Gasteiger partial charge in [-0.3, -0.25) is 4.79 Å². The fourth-order valence-corrected chi connectivity index (χ4v) is 3.27. The number of aliphatic carboxylic acids is 1.